The maximum absolute atomic E-state index is 11.2. The lowest BCUT2D eigenvalue weighted by atomic mass is 10.2. The number of imidazole rings is 1. The maximum Gasteiger partial charge on any atom is 0.221 e. The van der Waals surface area contributed by atoms with Crippen LogP contribution in [0.3, 0.4) is 0 Å². The first-order chi connectivity index (χ1) is 16.2. The summed E-state index contributed by atoms with van der Waals surface area (Å²) in [7, 11) is 0. The molecule has 0 spiro atoms. The Morgan fingerprint density at radius 2 is 1.76 bits per heavy atom. The van der Waals surface area contributed by atoms with Crippen LogP contribution >= 0.6 is 0 Å². The quantitative estimate of drug-likeness (QED) is 0.558. The van der Waals surface area contributed by atoms with E-state index in [0.717, 1.165) is 80.3 Å². The number of aromatic nitrogens is 2. The lowest BCUT2D eigenvalue weighted by molar-refractivity contribution is -0.114. The molecule has 1 amide bonds. The van der Waals surface area contributed by atoms with Crippen LogP contribution in [-0.2, 0) is 11.3 Å². The second-order valence-electron chi connectivity index (χ2n) is 8.69. The van der Waals surface area contributed by atoms with Gasteiger partial charge in [0.05, 0.1) is 17.4 Å². The van der Waals surface area contributed by atoms with Gasteiger partial charge in [-0.2, -0.15) is 0 Å². The third kappa shape index (κ3) is 5.06. The summed E-state index contributed by atoms with van der Waals surface area (Å²) in [4.78, 5) is 20.7. The Morgan fingerprint density at radius 1 is 0.970 bits per heavy atom. The SMILES string of the molecule is CC(=O)Nc1ccc2c(c1)ncn2CCCCN1CCN(c2ccc3c(c2)OCCO3)CC1. The van der Waals surface area contributed by atoms with Crippen molar-refractivity contribution in [1.82, 2.24) is 14.5 Å². The van der Waals surface area contributed by atoms with Gasteiger partial charge < -0.3 is 24.3 Å². The van der Waals surface area contributed by atoms with Crippen molar-refractivity contribution in [3.63, 3.8) is 0 Å². The smallest absolute Gasteiger partial charge is 0.221 e. The van der Waals surface area contributed by atoms with E-state index in [9.17, 15) is 4.79 Å². The molecule has 8 nitrogen and oxygen atoms in total. The molecule has 0 atom stereocenters. The number of nitrogens with zero attached hydrogens (tertiary/aromatic N) is 4. The molecule has 0 aliphatic carbocycles. The highest BCUT2D eigenvalue weighted by atomic mass is 16.6. The first-order valence-corrected chi connectivity index (χ1v) is 11.8. The first kappa shape index (κ1) is 21.6. The van der Waals surface area contributed by atoms with Crippen LogP contribution < -0.4 is 19.7 Å². The summed E-state index contributed by atoms with van der Waals surface area (Å²) in [6.45, 7) is 9.05. The van der Waals surface area contributed by atoms with E-state index in [1.54, 1.807) is 0 Å². The minimum Gasteiger partial charge on any atom is -0.486 e. The molecular weight excluding hydrogens is 418 g/mol. The van der Waals surface area contributed by atoms with E-state index in [0.29, 0.717) is 13.2 Å². The molecular formula is C25H31N5O3. The van der Waals surface area contributed by atoms with E-state index in [1.807, 2.05) is 30.6 Å². The summed E-state index contributed by atoms with van der Waals surface area (Å²) in [6.07, 6.45) is 4.17. The number of hydrogen-bond acceptors (Lipinski definition) is 6. The molecule has 1 aromatic heterocycles. The first-order valence-electron chi connectivity index (χ1n) is 11.8. The van der Waals surface area contributed by atoms with E-state index in [4.69, 9.17) is 9.47 Å². The van der Waals surface area contributed by atoms with Crippen molar-refractivity contribution in [2.24, 2.45) is 0 Å². The summed E-state index contributed by atoms with van der Waals surface area (Å²) in [5.74, 6) is 1.64. The highest BCUT2D eigenvalue weighted by Crippen LogP contribution is 2.34. The lowest BCUT2D eigenvalue weighted by Crippen LogP contribution is -2.46. The summed E-state index contributed by atoms with van der Waals surface area (Å²) in [5.41, 5.74) is 4.02. The van der Waals surface area contributed by atoms with Crippen LogP contribution in [0, 0.1) is 0 Å². The van der Waals surface area contributed by atoms with Crippen LogP contribution in [0.25, 0.3) is 11.0 Å². The molecule has 1 saturated heterocycles. The topological polar surface area (TPSA) is 71.9 Å². The van der Waals surface area contributed by atoms with Crippen LogP contribution in [0.5, 0.6) is 11.5 Å². The Hall–Kier alpha value is -3.26. The maximum atomic E-state index is 11.2. The standard InChI is InChI=1S/C25H31N5O3/c1-19(31)27-20-4-6-23-22(16-20)26-18-30(23)9-3-2-8-28-10-12-29(13-11-28)21-5-7-24-25(17-21)33-15-14-32-24/h4-7,16-18H,2-3,8-15H2,1H3,(H,27,31). The van der Waals surface area contributed by atoms with Gasteiger partial charge in [-0.25, -0.2) is 4.98 Å². The molecule has 0 radical (unpaired) electrons. The number of aryl methyl sites for hydroxylation is 1. The third-order valence-electron chi connectivity index (χ3n) is 6.33. The van der Waals surface area contributed by atoms with Gasteiger partial charge >= 0.3 is 0 Å². The van der Waals surface area contributed by atoms with Crippen LogP contribution in [0.2, 0.25) is 0 Å². The number of anilines is 2. The second kappa shape index (κ2) is 9.70. The van der Waals surface area contributed by atoms with Crippen molar-refractivity contribution in [2.45, 2.75) is 26.3 Å². The van der Waals surface area contributed by atoms with Crippen molar-refractivity contribution < 1.29 is 14.3 Å². The number of ether oxygens (including phenoxy) is 2. The van der Waals surface area contributed by atoms with Gasteiger partial charge in [0, 0.05) is 57.1 Å². The predicted molar refractivity (Wildman–Crippen MR) is 129 cm³/mol. The van der Waals surface area contributed by atoms with Crippen LogP contribution in [-0.4, -0.2) is 66.3 Å². The van der Waals surface area contributed by atoms with Gasteiger partial charge in [-0.15, -0.1) is 0 Å². The minimum absolute atomic E-state index is 0.0686. The average molecular weight is 450 g/mol. The number of piperazine rings is 1. The molecule has 5 rings (SSSR count). The monoisotopic (exact) mass is 449 g/mol. The number of carbonyl (C=O) groups excluding carboxylic acids is 1. The normalized spacial score (nSPS) is 16.2. The van der Waals surface area contributed by atoms with Gasteiger partial charge in [0.25, 0.3) is 0 Å². The van der Waals surface area contributed by atoms with Crippen molar-refractivity contribution in [2.75, 3.05) is 56.2 Å². The van der Waals surface area contributed by atoms with Gasteiger partial charge in [-0.05, 0) is 49.7 Å². The van der Waals surface area contributed by atoms with E-state index >= 15 is 0 Å². The highest BCUT2D eigenvalue weighted by Gasteiger charge is 2.19. The lowest BCUT2D eigenvalue weighted by Gasteiger charge is -2.36. The molecule has 2 aliphatic heterocycles. The second-order valence-corrected chi connectivity index (χ2v) is 8.69. The summed E-state index contributed by atoms with van der Waals surface area (Å²) >= 11 is 0. The zero-order valence-electron chi connectivity index (χ0n) is 19.1. The number of benzene rings is 2. The Morgan fingerprint density at radius 3 is 2.58 bits per heavy atom. The fourth-order valence-electron chi connectivity index (χ4n) is 4.60. The Balaban J connectivity index is 1.07. The van der Waals surface area contributed by atoms with Gasteiger partial charge in [-0.3, -0.25) is 9.69 Å². The van der Waals surface area contributed by atoms with Crippen LogP contribution in [0.4, 0.5) is 11.4 Å². The number of rotatable bonds is 7. The van der Waals surface area contributed by atoms with Gasteiger partial charge in [0.2, 0.25) is 5.91 Å². The predicted octanol–water partition coefficient (Wildman–Crippen LogP) is 3.37. The van der Waals surface area contributed by atoms with Gasteiger partial charge in [0.15, 0.2) is 11.5 Å². The Labute approximate surface area is 194 Å². The number of hydrogen-bond donors (Lipinski definition) is 1. The molecule has 1 N–H and O–H groups in total. The van der Waals surface area contributed by atoms with E-state index in [2.05, 4.69) is 36.8 Å². The molecule has 2 aromatic carbocycles. The van der Waals surface area contributed by atoms with Gasteiger partial charge in [0.1, 0.15) is 13.2 Å². The van der Waals surface area contributed by atoms with Crippen molar-refractivity contribution in [3.05, 3.63) is 42.7 Å². The molecule has 8 heteroatoms. The number of fused-ring (bicyclic) bond motifs is 2. The third-order valence-corrected chi connectivity index (χ3v) is 6.33. The van der Waals surface area contributed by atoms with Gasteiger partial charge in [-0.1, -0.05) is 0 Å². The largest absolute Gasteiger partial charge is 0.486 e. The van der Waals surface area contributed by atoms with Crippen molar-refractivity contribution >= 4 is 28.3 Å². The summed E-state index contributed by atoms with van der Waals surface area (Å²) in [5, 5.41) is 2.81. The fourth-order valence-corrected chi connectivity index (χ4v) is 4.60. The zero-order valence-corrected chi connectivity index (χ0v) is 19.1. The average Bonchev–Trinajstić information content (AvgIpc) is 3.23. The summed E-state index contributed by atoms with van der Waals surface area (Å²) in [6, 6.07) is 12.2. The Bertz CT molecular complexity index is 1120. The zero-order chi connectivity index (χ0) is 22.6. The molecule has 0 saturated carbocycles. The number of amides is 1. The molecule has 3 aromatic rings. The Kier molecular flexibility index (Phi) is 6.35. The molecule has 3 heterocycles. The number of carbonyl (C=O) groups is 1. The molecule has 2 aliphatic rings. The molecule has 33 heavy (non-hydrogen) atoms. The molecule has 1 fully saturated rings. The van der Waals surface area contributed by atoms with Crippen LogP contribution in [0.1, 0.15) is 19.8 Å². The highest BCUT2D eigenvalue weighted by molar-refractivity contribution is 5.91. The number of nitrogens with one attached hydrogen (secondary N) is 1. The minimum atomic E-state index is -0.0686. The molecule has 174 valence electrons. The van der Waals surface area contributed by atoms with Crippen molar-refractivity contribution in [3.8, 4) is 11.5 Å². The summed E-state index contributed by atoms with van der Waals surface area (Å²) < 4.78 is 13.6. The van der Waals surface area contributed by atoms with E-state index < -0.39 is 0 Å². The van der Waals surface area contributed by atoms with E-state index in [1.165, 1.54) is 12.6 Å². The van der Waals surface area contributed by atoms with Crippen molar-refractivity contribution in [1.29, 1.82) is 0 Å². The molecule has 0 bridgehead atoms. The fraction of sp³-hybridized carbons (Fsp3) is 0.440. The molecule has 0 unspecified atom stereocenters. The van der Waals surface area contributed by atoms with Crippen LogP contribution in [0.15, 0.2) is 42.7 Å². The van der Waals surface area contributed by atoms with E-state index in [-0.39, 0.29) is 5.91 Å². The number of unbranched alkanes of at least 4 members (excludes halogenated alkanes) is 1.